The van der Waals surface area contributed by atoms with E-state index in [1.54, 1.807) is 6.07 Å². The number of alkyl halides is 2. The standard InChI is InChI=1S/C30H37Cl2F2N7O3/c1-30(2,43)19-10-21(34)20(32)11-22(19)37-28-17(14-33)15-35-29(39-28)38-24-12-23(36-27(42)6-8-31)25(13-26(24)44-5)41-9-7-18(16-41)40(3)4/h10-13,15,18,43H,6-9,14,16H2,1-5H3,(H,36,42)(H2,35,37,38,39)/t18-/m1/s1. The van der Waals surface area contributed by atoms with Crippen LogP contribution in [-0.2, 0) is 17.1 Å². The maximum atomic E-state index is 14.3. The minimum Gasteiger partial charge on any atom is -0.494 e. The Morgan fingerprint density at radius 1 is 1.20 bits per heavy atom. The Bertz CT molecular complexity index is 1500. The first-order valence-electron chi connectivity index (χ1n) is 14.0. The predicted octanol–water partition coefficient (Wildman–Crippen LogP) is 6.17. The first-order valence-corrected chi connectivity index (χ1v) is 14.9. The Kier molecular flexibility index (Phi) is 10.7. The highest BCUT2D eigenvalue weighted by atomic mass is 35.5. The summed E-state index contributed by atoms with van der Waals surface area (Å²) < 4.78 is 34.0. The highest BCUT2D eigenvalue weighted by Crippen LogP contribution is 2.40. The molecule has 0 aliphatic carbocycles. The second kappa shape index (κ2) is 14.1. The number of nitrogens with zero attached hydrogens (tertiary/aromatic N) is 4. The number of benzene rings is 2. The summed E-state index contributed by atoms with van der Waals surface area (Å²) in [5, 5.41) is 19.5. The van der Waals surface area contributed by atoms with Gasteiger partial charge in [-0.25, -0.2) is 13.8 Å². The van der Waals surface area contributed by atoms with Crippen molar-refractivity contribution in [1.82, 2.24) is 14.9 Å². The molecule has 0 saturated carbocycles. The maximum Gasteiger partial charge on any atom is 0.229 e. The van der Waals surface area contributed by atoms with Gasteiger partial charge in [-0.15, -0.1) is 11.6 Å². The molecule has 1 atom stereocenters. The van der Waals surface area contributed by atoms with Gasteiger partial charge in [0.25, 0.3) is 0 Å². The number of anilines is 6. The number of likely N-dealkylation sites (N-methyl/N-ethyl adjacent to an activating group) is 1. The number of rotatable bonds is 12. The predicted molar refractivity (Wildman–Crippen MR) is 171 cm³/mol. The zero-order valence-corrected chi connectivity index (χ0v) is 26.8. The van der Waals surface area contributed by atoms with E-state index in [1.165, 1.54) is 33.2 Å². The minimum absolute atomic E-state index is 0.0798. The zero-order valence-electron chi connectivity index (χ0n) is 25.3. The van der Waals surface area contributed by atoms with Gasteiger partial charge in [-0.2, -0.15) is 4.98 Å². The van der Waals surface area contributed by atoms with Crippen molar-refractivity contribution in [3.05, 3.63) is 52.4 Å². The van der Waals surface area contributed by atoms with Gasteiger partial charge < -0.3 is 35.6 Å². The summed E-state index contributed by atoms with van der Waals surface area (Å²) in [5.74, 6) is -0.145. The van der Waals surface area contributed by atoms with E-state index in [0.29, 0.717) is 23.2 Å². The van der Waals surface area contributed by atoms with E-state index >= 15 is 0 Å². The monoisotopic (exact) mass is 651 g/mol. The molecule has 0 spiro atoms. The fourth-order valence-corrected chi connectivity index (χ4v) is 5.29. The summed E-state index contributed by atoms with van der Waals surface area (Å²) >= 11 is 11.8. The smallest absolute Gasteiger partial charge is 0.229 e. The minimum atomic E-state index is -1.45. The lowest BCUT2D eigenvalue weighted by Crippen LogP contribution is -2.31. The van der Waals surface area contributed by atoms with E-state index in [-0.39, 0.29) is 51.8 Å². The summed E-state index contributed by atoms with van der Waals surface area (Å²) in [6.07, 6.45) is 2.41. The quantitative estimate of drug-likeness (QED) is 0.171. The van der Waals surface area contributed by atoms with Crippen LogP contribution in [0.1, 0.15) is 37.8 Å². The second-order valence-corrected chi connectivity index (χ2v) is 12.0. The van der Waals surface area contributed by atoms with Gasteiger partial charge in [-0.1, -0.05) is 11.6 Å². The van der Waals surface area contributed by atoms with Gasteiger partial charge >= 0.3 is 0 Å². The Labute approximate surface area is 265 Å². The van der Waals surface area contributed by atoms with E-state index < -0.39 is 18.1 Å². The number of aliphatic hydroxyl groups is 1. The number of nitrogens with one attached hydrogen (secondary N) is 3. The van der Waals surface area contributed by atoms with E-state index in [9.17, 15) is 18.7 Å². The Hall–Kier alpha value is -3.45. The molecule has 2 aromatic carbocycles. The molecule has 4 N–H and O–H groups in total. The average molecular weight is 653 g/mol. The van der Waals surface area contributed by atoms with Crippen molar-refractivity contribution in [2.45, 2.75) is 45.0 Å². The van der Waals surface area contributed by atoms with Crippen LogP contribution in [0.5, 0.6) is 5.75 Å². The maximum absolute atomic E-state index is 14.3. The van der Waals surface area contributed by atoms with Crippen LogP contribution in [0.4, 0.5) is 43.3 Å². The summed E-state index contributed by atoms with van der Waals surface area (Å²) in [7, 11) is 5.61. The molecule has 0 bridgehead atoms. The van der Waals surface area contributed by atoms with Gasteiger partial charge in [0.1, 0.15) is 24.1 Å². The third kappa shape index (κ3) is 7.79. The molecule has 4 rings (SSSR count). The Morgan fingerprint density at radius 3 is 2.57 bits per heavy atom. The van der Waals surface area contributed by atoms with E-state index in [1.807, 2.05) is 20.2 Å². The lowest BCUT2D eigenvalue weighted by molar-refractivity contribution is -0.115. The van der Waals surface area contributed by atoms with E-state index in [4.69, 9.17) is 27.9 Å². The molecule has 238 valence electrons. The largest absolute Gasteiger partial charge is 0.494 e. The molecule has 10 nitrogen and oxygen atoms in total. The molecule has 1 saturated heterocycles. The molecule has 1 amide bonds. The number of hydrogen-bond donors (Lipinski definition) is 4. The molecule has 1 aliphatic heterocycles. The molecule has 44 heavy (non-hydrogen) atoms. The highest BCUT2D eigenvalue weighted by Gasteiger charge is 2.28. The van der Waals surface area contributed by atoms with Crippen LogP contribution in [0, 0.1) is 5.82 Å². The van der Waals surface area contributed by atoms with Crippen molar-refractivity contribution in [3.8, 4) is 5.75 Å². The molecule has 0 radical (unpaired) electrons. The number of amides is 1. The average Bonchev–Trinajstić information content (AvgIpc) is 3.45. The highest BCUT2D eigenvalue weighted by molar-refractivity contribution is 6.31. The van der Waals surface area contributed by atoms with E-state index in [0.717, 1.165) is 31.3 Å². The van der Waals surface area contributed by atoms with Crippen molar-refractivity contribution in [2.24, 2.45) is 0 Å². The van der Waals surface area contributed by atoms with Crippen LogP contribution < -0.4 is 25.6 Å². The van der Waals surface area contributed by atoms with Crippen LogP contribution in [-0.4, -0.2) is 72.1 Å². The summed E-state index contributed by atoms with van der Waals surface area (Å²) in [5.41, 5.74) is 0.918. The number of hydrogen-bond acceptors (Lipinski definition) is 9. The van der Waals surface area contributed by atoms with Crippen molar-refractivity contribution < 1.29 is 23.4 Å². The van der Waals surface area contributed by atoms with Crippen molar-refractivity contribution in [3.63, 3.8) is 0 Å². The molecule has 0 unspecified atom stereocenters. The van der Waals surface area contributed by atoms with Crippen molar-refractivity contribution in [2.75, 3.05) is 61.0 Å². The van der Waals surface area contributed by atoms with Crippen molar-refractivity contribution in [1.29, 1.82) is 0 Å². The van der Waals surface area contributed by atoms with Gasteiger partial charge in [0.15, 0.2) is 0 Å². The molecule has 14 heteroatoms. The number of carbonyl (C=O) groups excluding carboxylic acids is 1. The molecule has 1 aliphatic rings. The molecule has 1 fully saturated rings. The van der Waals surface area contributed by atoms with Gasteiger partial charge in [0.05, 0.1) is 34.8 Å². The van der Waals surface area contributed by atoms with Crippen LogP contribution in [0.15, 0.2) is 30.5 Å². The van der Waals surface area contributed by atoms with Crippen molar-refractivity contribution >= 4 is 63.6 Å². The lowest BCUT2D eigenvalue weighted by atomic mass is 9.96. The number of halogens is 4. The summed E-state index contributed by atoms with van der Waals surface area (Å²) in [6, 6.07) is 6.34. The third-order valence-electron chi connectivity index (χ3n) is 7.38. The third-order valence-corrected chi connectivity index (χ3v) is 7.85. The molecule has 1 aromatic heterocycles. The second-order valence-electron chi connectivity index (χ2n) is 11.2. The first-order chi connectivity index (χ1) is 20.8. The number of aromatic nitrogens is 2. The Morgan fingerprint density at radius 2 is 1.95 bits per heavy atom. The normalized spacial score (nSPS) is 15.1. The van der Waals surface area contributed by atoms with E-state index in [2.05, 4.69) is 35.7 Å². The topological polar surface area (TPSA) is 115 Å². The van der Waals surface area contributed by atoms with Gasteiger partial charge in [0.2, 0.25) is 11.9 Å². The SMILES string of the molecule is COc1cc(N2CC[C@@H](N(C)C)C2)c(NC(=O)CCCl)cc1Nc1ncc(CF)c(Nc2cc(Cl)c(F)cc2C(C)(C)O)n1. The van der Waals surface area contributed by atoms with Gasteiger partial charge in [-0.3, -0.25) is 4.79 Å². The first kappa shape index (κ1) is 33.4. The lowest BCUT2D eigenvalue weighted by Gasteiger charge is -2.26. The van der Waals surface area contributed by atoms with Crippen LogP contribution >= 0.6 is 23.2 Å². The van der Waals surface area contributed by atoms with Crippen LogP contribution in [0.3, 0.4) is 0 Å². The van der Waals surface area contributed by atoms with Gasteiger partial charge in [-0.05, 0) is 52.6 Å². The summed E-state index contributed by atoms with van der Waals surface area (Å²) in [4.78, 5) is 25.7. The molecular weight excluding hydrogens is 615 g/mol. The molecule has 2 heterocycles. The molecule has 3 aromatic rings. The number of ether oxygens (including phenoxy) is 1. The fraction of sp³-hybridized carbons (Fsp3) is 0.433. The number of methoxy groups -OCH3 is 1. The van der Waals surface area contributed by atoms with Crippen LogP contribution in [0.25, 0.3) is 0 Å². The molecular formula is C30H37Cl2F2N7O3. The fourth-order valence-electron chi connectivity index (χ4n) is 4.96. The zero-order chi connectivity index (χ0) is 32.2. The summed E-state index contributed by atoms with van der Waals surface area (Å²) in [6.45, 7) is 3.65. The van der Waals surface area contributed by atoms with Crippen LogP contribution in [0.2, 0.25) is 5.02 Å². The number of carbonyl (C=O) groups is 1. The van der Waals surface area contributed by atoms with Gasteiger partial charge in [0, 0.05) is 60.5 Å². The Balaban J connectivity index is 1.72.